The number of hydrogen-bond acceptors (Lipinski definition) is 4. The Morgan fingerprint density at radius 1 is 1.07 bits per heavy atom. The number of carbonyl (C=O) groups excluding carboxylic acids is 1. The summed E-state index contributed by atoms with van der Waals surface area (Å²) in [5.74, 6) is -0.557. The smallest absolute Gasteiger partial charge is 0.263 e. The van der Waals surface area contributed by atoms with Crippen LogP contribution >= 0.6 is 11.6 Å². The summed E-state index contributed by atoms with van der Waals surface area (Å²) in [6.07, 6.45) is 1.50. The van der Waals surface area contributed by atoms with Crippen molar-refractivity contribution in [3.05, 3.63) is 99.6 Å². The van der Waals surface area contributed by atoms with Crippen molar-refractivity contribution in [2.75, 3.05) is 5.32 Å². The zero-order valence-corrected chi connectivity index (χ0v) is 15.9. The van der Waals surface area contributed by atoms with Crippen LogP contribution < -0.4 is 10.9 Å². The molecule has 0 aliphatic heterocycles. The second kappa shape index (κ2) is 7.77. The van der Waals surface area contributed by atoms with Gasteiger partial charge in [0, 0.05) is 5.56 Å². The summed E-state index contributed by atoms with van der Waals surface area (Å²) in [7, 11) is 0. The molecule has 1 amide bonds. The largest absolute Gasteiger partial charge is 0.506 e. The van der Waals surface area contributed by atoms with Crippen molar-refractivity contribution in [2.24, 2.45) is 0 Å². The molecule has 0 saturated heterocycles. The number of fused-ring (bicyclic) bond motifs is 1. The summed E-state index contributed by atoms with van der Waals surface area (Å²) < 4.78 is 1.50. The van der Waals surface area contributed by atoms with E-state index in [2.05, 4.69) is 10.3 Å². The van der Waals surface area contributed by atoms with Crippen LogP contribution in [0.3, 0.4) is 0 Å². The summed E-state index contributed by atoms with van der Waals surface area (Å²) in [5, 5.41) is 12.7. The average Bonchev–Trinajstić information content (AvgIpc) is 2.73. The predicted octanol–water partition coefficient (Wildman–Crippen LogP) is 4.06. The molecule has 3 aromatic carbocycles. The second-order valence-electron chi connectivity index (χ2n) is 6.48. The fourth-order valence-corrected chi connectivity index (χ4v) is 3.22. The first-order valence-corrected chi connectivity index (χ1v) is 9.22. The average molecular weight is 406 g/mol. The number of aromatic nitrogens is 2. The van der Waals surface area contributed by atoms with Crippen LogP contribution in [0.15, 0.2) is 77.9 Å². The molecule has 7 heteroatoms. The van der Waals surface area contributed by atoms with Gasteiger partial charge in [-0.2, -0.15) is 0 Å². The molecule has 1 heterocycles. The van der Waals surface area contributed by atoms with Gasteiger partial charge in [-0.25, -0.2) is 4.98 Å². The van der Waals surface area contributed by atoms with E-state index in [0.29, 0.717) is 23.1 Å². The van der Waals surface area contributed by atoms with Gasteiger partial charge in [0.15, 0.2) is 0 Å². The van der Waals surface area contributed by atoms with Crippen molar-refractivity contribution in [1.29, 1.82) is 0 Å². The van der Waals surface area contributed by atoms with Crippen LogP contribution in [-0.4, -0.2) is 20.6 Å². The van der Waals surface area contributed by atoms with Crippen LogP contribution in [0.5, 0.6) is 5.75 Å². The predicted molar refractivity (Wildman–Crippen MR) is 113 cm³/mol. The van der Waals surface area contributed by atoms with Crippen LogP contribution in [0, 0.1) is 0 Å². The normalized spacial score (nSPS) is 10.8. The van der Waals surface area contributed by atoms with Crippen LogP contribution in [0.25, 0.3) is 10.9 Å². The number of benzene rings is 3. The van der Waals surface area contributed by atoms with E-state index in [1.54, 1.807) is 18.2 Å². The van der Waals surface area contributed by atoms with Crippen LogP contribution in [0.2, 0.25) is 5.02 Å². The zero-order valence-electron chi connectivity index (χ0n) is 15.2. The number of anilines is 1. The van der Waals surface area contributed by atoms with Gasteiger partial charge in [0.25, 0.3) is 11.5 Å². The third-order valence-corrected chi connectivity index (χ3v) is 4.81. The van der Waals surface area contributed by atoms with E-state index < -0.39 is 5.91 Å². The number of amides is 1. The van der Waals surface area contributed by atoms with E-state index in [0.717, 1.165) is 5.56 Å². The maximum absolute atomic E-state index is 13.1. The zero-order chi connectivity index (χ0) is 20.4. The molecule has 6 nitrogen and oxygen atoms in total. The molecular weight excluding hydrogens is 390 g/mol. The molecule has 0 fully saturated rings. The van der Waals surface area contributed by atoms with Crippen molar-refractivity contribution in [1.82, 2.24) is 9.55 Å². The highest BCUT2D eigenvalue weighted by Gasteiger charge is 2.14. The van der Waals surface area contributed by atoms with Gasteiger partial charge < -0.3 is 10.4 Å². The van der Waals surface area contributed by atoms with Crippen LogP contribution in [0.1, 0.15) is 15.9 Å². The molecule has 0 spiro atoms. The summed E-state index contributed by atoms with van der Waals surface area (Å²) in [6, 6.07) is 18.8. The minimum absolute atomic E-state index is 0.0717. The Morgan fingerprint density at radius 3 is 2.62 bits per heavy atom. The molecule has 1 aromatic heterocycles. The van der Waals surface area contributed by atoms with Crippen molar-refractivity contribution in [3.8, 4) is 5.75 Å². The van der Waals surface area contributed by atoms with E-state index >= 15 is 0 Å². The van der Waals surface area contributed by atoms with E-state index in [4.69, 9.17) is 11.6 Å². The Kier molecular flexibility index (Phi) is 5.01. The maximum atomic E-state index is 13.1. The first-order chi connectivity index (χ1) is 14.0. The summed E-state index contributed by atoms with van der Waals surface area (Å²) in [5.41, 5.74) is 1.82. The molecule has 0 saturated carbocycles. The van der Waals surface area contributed by atoms with Crippen LogP contribution in [-0.2, 0) is 6.54 Å². The van der Waals surface area contributed by atoms with Crippen molar-refractivity contribution in [2.45, 2.75) is 6.54 Å². The lowest BCUT2D eigenvalue weighted by Crippen LogP contribution is -2.23. The lowest BCUT2D eigenvalue weighted by atomic mass is 10.1. The number of hydrogen-bond donors (Lipinski definition) is 2. The van der Waals surface area contributed by atoms with Gasteiger partial charge in [-0.15, -0.1) is 0 Å². The number of rotatable bonds is 4. The summed E-state index contributed by atoms with van der Waals surface area (Å²) in [6.45, 7) is 0.373. The molecule has 0 radical (unpaired) electrons. The molecule has 29 heavy (non-hydrogen) atoms. The standard InChI is InChI=1S/C22H16ClN3O3/c23-16-11-15(9-10-19(16)27)21(28)25-18-8-4-7-17-20(18)22(29)26(13-24-17)12-14-5-2-1-3-6-14/h1-11,13,27H,12H2,(H,25,28). The molecular formula is C22H16ClN3O3. The van der Waals surface area contributed by atoms with Gasteiger partial charge in [-0.1, -0.05) is 48.0 Å². The maximum Gasteiger partial charge on any atom is 0.263 e. The van der Waals surface area contributed by atoms with Crippen molar-refractivity contribution >= 4 is 34.1 Å². The van der Waals surface area contributed by atoms with Crippen molar-refractivity contribution in [3.63, 3.8) is 0 Å². The number of carbonyl (C=O) groups is 1. The summed E-state index contributed by atoms with van der Waals surface area (Å²) in [4.78, 5) is 30.1. The highest BCUT2D eigenvalue weighted by atomic mass is 35.5. The molecule has 0 atom stereocenters. The molecule has 0 aliphatic rings. The number of phenols is 1. The second-order valence-corrected chi connectivity index (χ2v) is 6.89. The highest BCUT2D eigenvalue weighted by Crippen LogP contribution is 2.25. The number of phenolic OH excluding ortho intramolecular Hbond substituents is 1. The van der Waals surface area contributed by atoms with Gasteiger partial charge >= 0.3 is 0 Å². The summed E-state index contributed by atoms with van der Waals surface area (Å²) >= 11 is 5.89. The minimum atomic E-state index is -0.447. The Morgan fingerprint density at radius 2 is 1.86 bits per heavy atom. The van der Waals surface area contributed by atoms with Gasteiger partial charge in [-0.05, 0) is 35.9 Å². The van der Waals surface area contributed by atoms with E-state index in [-0.39, 0.29) is 21.9 Å². The Bertz CT molecular complexity index is 1270. The van der Waals surface area contributed by atoms with E-state index in [9.17, 15) is 14.7 Å². The molecule has 4 rings (SSSR count). The molecule has 2 N–H and O–H groups in total. The lowest BCUT2D eigenvalue weighted by molar-refractivity contribution is 0.102. The molecule has 0 aliphatic carbocycles. The monoisotopic (exact) mass is 405 g/mol. The third kappa shape index (κ3) is 3.83. The lowest BCUT2D eigenvalue weighted by Gasteiger charge is -2.11. The van der Waals surface area contributed by atoms with E-state index in [1.807, 2.05) is 30.3 Å². The van der Waals surface area contributed by atoms with Crippen molar-refractivity contribution < 1.29 is 9.90 Å². The topological polar surface area (TPSA) is 84.2 Å². The van der Waals surface area contributed by atoms with Gasteiger partial charge in [0.2, 0.25) is 0 Å². The van der Waals surface area contributed by atoms with Gasteiger partial charge in [0.05, 0.1) is 34.5 Å². The molecule has 0 bridgehead atoms. The quantitative estimate of drug-likeness (QED) is 0.536. The molecule has 0 unspecified atom stereocenters. The Balaban J connectivity index is 1.72. The first-order valence-electron chi connectivity index (χ1n) is 8.85. The van der Waals surface area contributed by atoms with Gasteiger partial charge in [-0.3, -0.25) is 14.2 Å². The minimum Gasteiger partial charge on any atom is -0.506 e. The Labute approximate surface area is 171 Å². The number of aromatic hydroxyl groups is 1. The van der Waals surface area contributed by atoms with Gasteiger partial charge in [0.1, 0.15) is 5.75 Å². The first kappa shape index (κ1) is 18.7. The SMILES string of the molecule is O=C(Nc1cccc2ncn(Cc3ccccc3)c(=O)c12)c1ccc(O)c(Cl)c1. The molecule has 4 aromatic rings. The number of halogens is 1. The van der Waals surface area contributed by atoms with E-state index in [1.165, 1.54) is 29.1 Å². The molecule has 144 valence electrons. The Hall–Kier alpha value is -3.64. The highest BCUT2D eigenvalue weighted by molar-refractivity contribution is 6.32. The number of nitrogens with one attached hydrogen (secondary N) is 1. The third-order valence-electron chi connectivity index (χ3n) is 4.51. The number of nitrogens with zero attached hydrogens (tertiary/aromatic N) is 2. The fraction of sp³-hybridized carbons (Fsp3) is 0.0455. The fourth-order valence-electron chi connectivity index (χ4n) is 3.04. The van der Waals surface area contributed by atoms with Crippen LogP contribution in [0.4, 0.5) is 5.69 Å².